The van der Waals surface area contributed by atoms with Gasteiger partial charge in [0.25, 0.3) is 5.56 Å². The molecule has 1 aromatic heterocycles. The molecule has 0 N–H and O–H groups in total. The van der Waals surface area contributed by atoms with Crippen molar-refractivity contribution < 1.29 is 4.74 Å². The maximum Gasteiger partial charge on any atom is 0.269 e. The van der Waals surface area contributed by atoms with Gasteiger partial charge in [0.05, 0.1) is 10.7 Å². The third-order valence-corrected chi connectivity index (χ3v) is 5.36. The van der Waals surface area contributed by atoms with Crippen molar-refractivity contribution in [2.24, 2.45) is 0 Å². The van der Waals surface area contributed by atoms with E-state index < -0.39 is 0 Å². The maximum atomic E-state index is 12.7. The van der Waals surface area contributed by atoms with Gasteiger partial charge < -0.3 is 9.30 Å². The molecule has 0 saturated carbocycles. The first-order chi connectivity index (χ1) is 13.3. The fraction of sp³-hybridized carbons (Fsp3) is 0.261. The minimum atomic E-state index is -0.252. The summed E-state index contributed by atoms with van der Waals surface area (Å²) in [6.07, 6.45) is 0.702. The Morgan fingerprint density at radius 1 is 0.893 bits per heavy atom. The summed E-state index contributed by atoms with van der Waals surface area (Å²) in [5.74, 6) is 0.781. The van der Waals surface area contributed by atoms with Gasteiger partial charge in [0.15, 0.2) is 0 Å². The molecule has 3 rings (SSSR count). The number of nitrogens with zero attached hydrogens (tertiary/aromatic N) is 1. The highest BCUT2D eigenvalue weighted by Crippen LogP contribution is 2.24. The monoisotopic (exact) mass is 415 g/mol. The number of aryl methyl sites for hydroxylation is 4. The SMILES string of the molecule is Cc1ccc(CCn2c(COc3cc(C)ccc3C)c(Cl)cc(Cl)c2=O)cc1. The molecule has 0 spiro atoms. The van der Waals surface area contributed by atoms with Crippen LogP contribution in [0.5, 0.6) is 5.75 Å². The summed E-state index contributed by atoms with van der Waals surface area (Å²) >= 11 is 12.5. The molecule has 0 aliphatic heterocycles. The molecule has 0 atom stereocenters. The molecular formula is C23H23Cl2NO2. The van der Waals surface area contributed by atoms with E-state index in [9.17, 15) is 4.79 Å². The zero-order valence-corrected chi connectivity index (χ0v) is 17.8. The Morgan fingerprint density at radius 2 is 1.57 bits per heavy atom. The van der Waals surface area contributed by atoms with Gasteiger partial charge in [-0.3, -0.25) is 4.79 Å². The average molecular weight is 416 g/mol. The van der Waals surface area contributed by atoms with E-state index >= 15 is 0 Å². The lowest BCUT2D eigenvalue weighted by Crippen LogP contribution is -2.26. The van der Waals surface area contributed by atoms with Crippen LogP contribution in [0.3, 0.4) is 0 Å². The van der Waals surface area contributed by atoms with Crippen LogP contribution in [0.1, 0.15) is 27.9 Å². The summed E-state index contributed by atoms with van der Waals surface area (Å²) in [7, 11) is 0. The Morgan fingerprint density at radius 3 is 2.29 bits per heavy atom. The topological polar surface area (TPSA) is 31.2 Å². The van der Waals surface area contributed by atoms with Gasteiger partial charge in [0.1, 0.15) is 17.4 Å². The predicted octanol–water partition coefficient (Wildman–Crippen LogP) is 5.90. The van der Waals surface area contributed by atoms with Crippen LogP contribution in [-0.2, 0) is 19.6 Å². The van der Waals surface area contributed by atoms with Gasteiger partial charge >= 0.3 is 0 Å². The second-order valence-electron chi connectivity index (χ2n) is 7.04. The highest BCUT2D eigenvalue weighted by atomic mass is 35.5. The van der Waals surface area contributed by atoms with Crippen LogP contribution in [0.15, 0.2) is 53.3 Å². The minimum Gasteiger partial charge on any atom is -0.487 e. The second-order valence-corrected chi connectivity index (χ2v) is 7.85. The van der Waals surface area contributed by atoms with Gasteiger partial charge in [-0.25, -0.2) is 0 Å². The van der Waals surface area contributed by atoms with Crippen molar-refractivity contribution >= 4 is 23.2 Å². The Hall–Kier alpha value is -2.23. The van der Waals surface area contributed by atoms with Gasteiger partial charge in [-0.2, -0.15) is 0 Å². The lowest BCUT2D eigenvalue weighted by atomic mass is 10.1. The Kier molecular flexibility index (Phi) is 6.48. The van der Waals surface area contributed by atoms with Crippen LogP contribution in [0.2, 0.25) is 10.0 Å². The zero-order chi connectivity index (χ0) is 20.3. The van der Waals surface area contributed by atoms with Crippen molar-refractivity contribution in [3.63, 3.8) is 0 Å². The molecule has 0 unspecified atom stereocenters. The van der Waals surface area contributed by atoms with Crippen LogP contribution in [0.4, 0.5) is 0 Å². The fourth-order valence-corrected chi connectivity index (χ4v) is 3.56. The Bertz CT molecular complexity index is 1040. The molecule has 0 fully saturated rings. The quantitative estimate of drug-likeness (QED) is 0.501. The van der Waals surface area contributed by atoms with Crippen molar-refractivity contribution in [1.29, 1.82) is 0 Å². The van der Waals surface area contributed by atoms with Crippen LogP contribution in [0.25, 0.3) is 0 Å². The molecule has 3 aromatic rings. The van der Waals surface area contributed by atoms with E-state index in [4.69, 9.17) is 27.9 Å². The maximum absolute atomic E-state index is 12.7. The lowest BCUT2D eigenvalue weighted by molar-refractivity contribution is 0.290. The number of ether oxygens (including phenoxy) is 1. The number of benzene rings is 2. The third-order valence-electron chi connectivity index (χ3n) is 4.76. The van der Waals surface area contributed by atoms with Crippen LogP contribution >= 0.6 is 23.2 Å². The number of aromatic nitrogens is 1. The number of hydrogen-bond acceptors (Lipinski definition) is 2. The Labute approximate surface area is 175 Å². The molecule has 0 radical (unpaired) electrons. The number of rotatable bonds is 6. The van der Waals surface area contributed by atoms with Crippen LogP contribution in [-0.4, -0.2) is 4.57 Å². The van der Waals surface area contributed by atoms with E-state index in [1.165, 1.54) is 11.6 Å². The molecule has 1 heterocycles. The third kappa shape index (κ3) is 4.78. The Balaban J connectivity index is 1.87. The van der Waals surface area contributed by atoms with Crippen LogP contribution < -0.4 is 10.3 Å². The highest BCUT2D eigenvalue weighted by molar-refractivity contribution is 6.34. The van der Waals surface area contributed by atoms with E-state index in [1.807, 2.05) is 39.0 Å². The average Bonchev–Trinajstić information content (AvgIpc) is 2.66. The molecule has 0 amide bonds. The summed E-state index contributed by atoms with van der Waals surface area (Å²) < 4.78 is 7.62. The van der Waals surface area contributed by atoms with Crippen molar-refractivity contribution in [2.45, 2.75) is 40.3 Å². The van der Waals surface area contributed by atoms with Crippen molar-refractivity contribution in [3.05, 3.63) is 96.9 Å². The zero-order valence-electron chi connectivity index (χ0n) is 16.3. The largest absolute Gasteiger partial charge is 0.487 e. The highest BCUT2D eigenvalue weighted by Gasteiger charge is 2.14. The summed E-state index contributed by atoms with van der Waals surface area (Å²) in [6, 6.07) is 15.8. The van der Waals surface area contributed by atoms with E-state index in [1.54, 1.807) is 4.57 Å². The second kappa shape index (κ2) is 8.85. The molecule has 0 saturated heterocycles. The van der Waals surface area contributed by atoms with Gasteiger partial charge in [0, 0.05) is 6.54 Å². The summed E-state index contributed by atoms with van der Waals surface area (Å²) in [5.41, 5.74) is 4.87. The molecule has 146 valence electrons. The lowest BCUT2D eigenvalue weighted by Gasteiger charge is -2.17. The first-order valence-corrected chi connectivity index (χ1v) is 9.94. The molecule has 28 heavy (non-hydrogen) atoms. The van der Waals surface area contributed by atoms with E-state index in [0.717, 1.165) is 22.4 Å². The molecular weight excluding hydrogens is 393 g/mol. The molecule has 5 heteroatoms. The number of pyridine rings is 1. The summed E-state index contributed by atoms with van der Waals surface area (Å²) in [4.78, 5) is 12.7. The smallest absolute Gasteiger partial charge is 0.269 e. The molecule has 0 bridgehead atoms. The normalized spacial score (nSPS) is 10.9. The van der Waals surface area contributed by atoms with Gasteiger partial charge in [0.2, 0.25) is 0 Å². The van der Waals surface area contributed by atoms with Crippen molar-refractivity contribution in [2.75, 3.05) is 0 Å². The van der Waals surface area contributed by atoms with E-state index in [2.05, 4.69) is 24.3 Å². The van der Waals surface area contributed by atoms with Gasteiger partial charge in [-0.15, -0.1) is 0 Å². The predicted molar refractivity (Wildman–Crippen MR) is 116 cm³/mol. The number of halogens is 2. The summed E-state index contributed by atoms with van der Waals surface area (Å²) in [5, 5.41) is 0.545. The standard InChI is InChI=1S/C23H23Cl2NO2/c1-15-5-8-18(9-6-15)10-11-26-21(19(24)13-20(25)23(26)27)14-28-22-12-16(2)4-7-17(22)3/h4-9,12-13H,10-11,14H2,1-3H3. The molecule has 2 aromatic carbocycles. The van der Waals surface area contributed by atoms with E-state index in [-0.39, 0.29) is 17.2 Å². The minimum absolute atomic E-state index is 0.115. The first-order valence-electron chi connectivity index (χ1n) is 9.18. The molecule has 3 nitrogen and oxygen atoms in total. The van der Waals surface area contributed by atoms with E-state index in [0.29, 0.717) is 23.7 Å². The fourth-order valence-electron chi connectivity index (χ4n) is 3.02. The molecule has 0 aliphatic carbocycles. The van der Waals surface area contributed by atoms with Crippen molar-refractivity contribution in [1.82, 2.24) is 4.57 Å². The first kappa shape index (κ1) is 20.5. The van der Waals surface area contributed by atoms with Gasteiger partial charge in [-0.05, 0) is 56.0 Å². The van der Waals surface area contributed by atoms with Crippen LogP contribution in [0, 0.1) is 20.8 Å². The van der Waals surface area contributed by atoms with Crippen molar-refractivity contribution in [3.8, 4) is 5.75 Å². The van der Waals surface area contributed by atoms with Gasteiger partial charge in [-0.1, -0.05) is 65.2 Å². The molecule has 0 aliphatic rings. The number of hydrogen-bond donors (Lipinski definition) is 0. The summed E-state index contributed by atoms with van der Waals surface area (Å²) in [6.45, 7) is 6.73.